The molecule has 15 heavy (non-hydrogen) atoms. The monoisotopic (exact) mass is 205 g/mol. The molecule has 0 spiro atoms. The van der Waals surface area contributed by atoms with Gasteiger partial charge in [0, 0.05) is 24.1 Å². The summed E-state index contributed by atoms with van der Waals surface area (Å²) in [5.74, 6) is 1.39. The van der Waals surface area contributed by atoms with E-state index in [-0.39, 0.29) is 11.8 Å². The zero-order valence-electron chi connectivity index (χ0n) is 9.06. The molecular weight excluding hydrogens is 190 g/mol. The van der Waals surface area contributed by atoms with Gasteiger partial charge in [0.15, 0.2) is 0 Å². The molecule has 0 aliphatic heterocycles. The maximum Gasteiger partial charge on any atom is 0.216 e. The number of ketones is 1. The summed E-state index contributed by atoms with van der Waals surface area (Å²) >= 11 is 0. The fraction of sp³-hybridized carbons (Fsp3) is 0.500. The molecule has 1 aromatic rings. The number of Topliss-reactive ketones (excluding diaryl/α,β-unsaturated/α-hetero) is 1. The van der Waals surface area contributed by atoms with Crippen LogP contribution in [0.25, 0.3) is 0 Å². The summed E-state index contributed by atoms with van der Waals surface area (Å²) in [6.45, 7) is 1.99. The van der Waals surface area contributed by atoms with Gasteiger partial charge in [-0.3, -0.25) is 4.79 Å². The Labute approximate surface area is 89.5 Å². The van der Waals surface area contributed by atoms with E-state index in [9.17, 15) is 4.79 Å². The number of methoxy groups -OCH3 is 1. The first-order valence-electron chi connectivity index (χ1n) is 5.25. The van der Waals surface area contributed by atoms with Crippen LogP contribution in [0.1, 0.15) is 31.2 Å². The van der Waals surface area contributed by atoms with Crippen LogP contribution in [0, 0.1) is 5.92 Å². The highest BCUT2D eigenvalue weighted by Gasteiger charge is 2.33. The molecule has 1 aliphatic carbocycles. The lowest BCUT2D eigenvalue weighted by Gasteiger charge is -2.16. The van der Waals surface area contributed by atoms with Crippen LogP contribution in [0.15, 0.2) is 18.3 Å². The van der Waals surface area contributed by atoms with Gasteiger partial charge in [0.2, 0.25) is 5.88 Å². The van der Waals surface area contributed by atoms with Gasteiger partial charge in [-0.15, -0.1) is 0 Å². The minimum Gasteiger partial charge on any atom is -0.481 e. The summed E-state index contributed by atoms with van der Waals surface area (Å²) in [5, 5.41) is 0. The van der Waals surface area contributed by atoms with Crippen LogP contribution in [-0.2, 0) is 4.79 Å². The minimum absolute atomic E-state index is 0.100. The first-order chi connectivity index (χ1) is 7.24. The number of nitrogens with zero attached hydrogens (tertiary/aromatic N) is 1. The van der Waals surface area contributed by atoms with Crippen molar-refractivity contribution in [2.75, 3.05) is 7.11 Å². The van der Waals surface area contributed by atoms with Crippen LogP contribution in [0.3, 0.4) is 0 Å². The average Bonchev–Trinajstić information content (AvgIpc) is 2.60. The average molecular weight is 205 g/mol. The Morgan fingerprint density at radius 1 is 1.53 bits per heavy atom. The number of ether oxygens (including phenoxy) is 1. The second-order valence-corrected chi connectivity index (χ2v) is 4.00. The van der Waals surface area contributed by atoms with E-state index in [4.69, 9.17) is 4.74 Å². The van der Waals surface area contributed by atoms with E-state index in [0.29, 0.717) is 18.1 Å². The molecule has 1 aromatic heterocycles. The molecule has 2 unspecified atom stereocenters. The molecule has 3 nitrogen and oxygen atoms in total. The first-order valence-corrected chi connectivity index (χ1v) is 5.25. The standard InChI is InChI=1S/C12H15NO2/c1-8-9(5-6-11(8)14)10-4-3-7-13-12(10)15-2/h3-4,7-9H,5-6H2,1-2H3. The van der Waals surface area contributed by atoms with Gasteiger partial charge in [0.1, 0.15) is 5.78 Å². The highest BCUT2D eigenvalue weighted by molar-refractivity contribution is 5.84. The van der Waals surface area contributed by atoms with Gasteiger partial charge in [-0.1, -0.05) is 13.0 Å². The Hall–Kier alpha value is -1.38. The van der Waals surface area contributed by atoms with Crippen LogP contribution in [0.4, 0.5) is 0 Å². The Bertz CT molecular complexity index is 376. The third kappa shape index (κ3) is 1.74. The van der Waals surface area contributed by atoms with Crippen LogP contribution >= 0.6 is 0 Å². The number of carbonyl (C=O) groups excluding carboxylic acids is 1. The molecule has 0 radical (unpaired) electrons. The van der Waals surface area contributed by atoms with E-state index in [1.807, 2.05) is 19.1 Å². The fourth-order valence-electron chi connectivity index (χ4n) is 2.28. The molecule has 1 heterocycles. The number of aromatic nitrogens is 1. The molecule has 1 saturated carbocycles. The van der Waals surface area contributed by atoms with Crippen LogP contribution in [0.5, 0.6) is 5.88 Å². The fourth-order valence-corrected chi connectivity index (χ4v) is 2.28. The van der Waals surface area contributed by atoms with Gasteiger partial charge in [-0.2, -0.15) is 0 Å². The van der Waals surface area contributed by atoms with E-state index >= 15 is 0 Å². The Kier molecular flexibility index (Phi) is 2.71. The lowest BCUT2D eigenvalue weighted by molar-refractivity contribution is -0.120. The van der Waals surface area contributed by atoms with Crippen LogP contribution < -0.4 is 4.74 Å². The van der Waals surface area contributed by atoms with E-state index < -0.39 is 0 Å². The first kappa shape index (κ1) is 10.1. The summed E-state index contributed by atoms with van der Waals surface area (Å²) in [5.41, 5.74) is 1.07. The van der Waals surface area contributed by atoms with Gasteiger partial charge >= 0.3 is 0 Å². The third-order valence-electron chi connectivity index (χ3n) is 3.21. The molecule has 0 N–H and O–H groups in total. The predicted octanol–water partition coefficient (Wildman–Crippen LogP) is 2.17. The quantitative estimate of drug-likeness (QED) is 0.742. The highest BCUT2D eigenvalue weighted by atomic mass is 16.5. The highest BCUT2D eigenvalue weighted by Crippen LogP contribution is 2.39. The van der Waals surface area contributed by atoms with Gasteiger partial charge < -0.3 is 4.74 Å². The lowest BCUT2D eigenvalue weighted by atomic mass is 9.90. The van der Waals surface area contributed by atoms with Gasteiger partial charge in [0.05, 0.1) is 7.11 Å². The summed E-state index contributed by atoms with van der Waals surface area (Å²) in [7, 11) is 1.62. The van der Waals surface area contributed by atoms with Crippen LogP contribution in [0.2, 0.25) is 0 Å². The van der Waals surface area contributed by atoms with Gasteiger partial charge in [0.25, 0.3) is 0 Å². The molecule has 2 rings (SSSR count). The van der Waals surface area contributed by atoms with Gasteiger partial charge in [-0.05, 0) is 18.4 Å². The molecule has 1 fully saturated rings. The zero-order chi connectivity index (χ0) is 10.8. The number of rotatable bonds is 2. The summed E-state index contributed by atoms with van der Waals surface area (Å²) in [4.78, 5) is 15.7. The van der Waals surface area contributed by atoms with E-state index in [1.165, 1.54) is 0 Å². The van der Waals surface area contributed by atoms with Crippen molar-refractivity contribution in [3.05, 3.63) is 23.9 Å². The molecule has 3 heteroatoms. The van der Waals surface area contributed by atoms with Crippen molar-refractivity contribution in [2.45, 2.75) is 25.7 Å². The van der Waals surface area contributed by atoms with Crippen molar-refractivity contribution >= 4 is 5.78 Å². The normalized spacial score (nSPS) is 25.6. The smallest absolute Gasteiger partial charge is 0.216 e. The molecule has 2 atom stereocenters. The van der Waals surface area contributed by atoms with Crippen molar-refractivity contribution in [1.82, 2.24) is 4.98 Å². The minimum atomic E-state index is 0.100. The zero-order valence-corrected chi connectivity index (χ0v) is 9.06. The Morgan fingerprint density at radius 2 is 2.33 bits per heavy atom. The topological polar surface area (TPSA) is 39.2 Å². The third-order valence-corrected chi connectivity index (χ3v) is 3.21. The summed E-state index contributed by atoms with van der Waals surface area (Å²) < 4.78 is 5.22. The lowest BCUT2D eigenvalue weighted by Crippen LogP contribution is -2.10. The van der Waals surface area contributed by atoms with Crippen LogP contribution in [-0.4, -0.2) is 17.9 Å². The second kappa shape index (κ2) is 4.01. The molecule has 1 aliphatic rings. The van der Waals surface area contributed by atoms with Crippen molar-refractivity contribution in [3.63, 3.8) is 0 Å². The molecular formula is C12H15NO2. The maximum absolute atomic E-state index is 11.5. The molecule has 80 valence electrons. The molecule has 0 aromatic carbocycles. The largest absolute Gasteiger partial charge is 0.481 e. The van der Waals surface area contributed by atoms with E-state index in [0.717, 1.165) is 12.0 Å². The number of pyridine rings is 1. The van der Waals surface area contributed by atoms with Crippen molar-refractivity contribution in [2.24, 2.45) is 5.92 Å². The van der Waals surface area contributed by atoms with E-state index in [1.54, 1.807) is 13.3 Å². The molecule has 0 saturated heterocycles. The Balaban J connectivity index is 2.33. The second-order valence-electron chi connectivity index (χ2n) is 4.00. The van der Waals surface area contributed by atoms with Gasteiger partial charge in [-0.25, -0.2) is 4.98 Å². The maximum atomic E-state index is 11.5. The van der Waals surface area contributed by atoms with Crippen molar-refractivity contribution in [3.8, 4) is 5.88 Å². The number of carbonyl (C=O) groups is 1. The SMILES string of the molecule is COc1ncccc1C1CCC(=O)C1C. The predicted molar refractivity (Wildman–Crippen MR) is 56.9 cm³/mol. The number of hydrogen-bond donors (Lipinski definition) is 0. The van der Waals surface area contributed by atoms with Crippen molar-refractivity contribution < 1.29 is 9.53 Å². The summed E-state index contributed by atoms with van der Waals surface area (Å²) in [6.07, 6.45) is 3.32. The van der Waals surface area contributed by atoms with Crippen molar-refractivity contribution in [1.29, 1.82) is 0 Å². The van der Waals surface area contributed by atoms with E-state index in [2.05, 4.69) is 4.98 Å². The number of hydrogen-bond acceptors (Lipinski definition) is 3. The molecule has 0 bridgehead atoms. The summed E-state index contributed by atoms with van der Waals surface area (Å²) in [6, 6.07) is 3.90. The Morgan fingerprint density at radius 3 is 2.93 bits per heavy atom. The molecule has 0 amide bonds.